The van der Waals surface area contributed by atoms with Crippen LogP contribution in [0.3, 0.4) is 0 Å². The minimum atomic E-state index is -1.93. The normalized spacial score (nSPS) is 22.3. The van der Waals surface area contributed by atoms with Crippen LogP contribution >= 0.6 is 0 Å². The van der Waals surface area contributed by atoms with E-state index in [2.05, 4.69) is 10.6 Å². The number of carbonyl (C=O) groups excluding carboxylic acids is 5. The minimum absolute atomic E-state index is 0.00456. The Bertz CT molecular complexity index is 2140. The number of amides is 2. The minimum Gasteiger partial charge on any atom is -0.507 e. The van der Waals surface area contributed by atoms with Crippen molar-refractivity contribution in [1.29, 1.82) is 0 Å². The number of hydrogen-bond donors (Lipinski definition) is 10. The molecule has 1 saturated heterocycles. The summed E-state index contributed by atoms with van der Waals surface area (Å²) in [4.78, 5) is 72.6. The van der Waals surface area contributed by atoms with Crippen molar-refractivity contribution in [1.82, 2.24) is 5.32 Å². The van der Waals surface area contributed by atoms with Crippen molar-refractivity contribution >= 4 is 41.0 Å². The Balaban J connectivity index is 0.000000224. The predicted octanol–water partition coefficient (Wildman–Crippen LogP) is 0.563. The number of anilines is 1. The second kappa shape index (κ2) is 18.3. The lowest BCUT2D eigenvalue weighted by Crippen LogP contribution is -2.54. The zero-order valence-corrected chi connectivity index (χ0v) is 32.0. The number of carboxylic acid groups (broad SMARTS) is 1. The topological polar surface area (TPSA) is 322 Å². The number of aliphatic carboxylic acids is 1. The molecule has 1 fully saturated rings. The molecule has 0 aromatic heterocycles. The fraction of sp³-hybridized carbons (Fsp3) is 0.400. The molecular weight excluding hydrogens is 778 g/mol. The van der Waals surface area contributed by atoms with Crippen molar-refractivity contribution in [2.24, 2.45) is 5.73 Å². The van der Waals surface area contributed by atoms with E-state index in [9.17, 15) is 54.3 Å². The van der Waals surface area contributed by atoms with Gasteiger partial charge in [0.25, 0.3) is 0 Å². The van der Waals surface area contributed by atoms with E-state index in [1.54, 1.807) is 31.2 Å². The highest BCUT2D eigenvalue weighted by Gasteiger charge is 2.45. The lowest BCUT2D eigenvalue weighted by molar-refractivity contribution is -0.201. The molecule has 1 heterocycles. The average Bonchev–Trinajstić information content (AvgIpc) is 3.21. The third-order valence-electron chi connectivity index (χ3n) is 10.4. The number of aliphatic hydroxyl groups excluding tert-OH is 3. The summed E-state index contributed by atoms with van der Waals surface area (Å²) < 4.78 is 15.4. The molecule has 0 spiro atoms. The number of Topliss-reactive ketones (excluding diaryl/α,β-unsaturated/α-hetero) is 1. The average molecular weight is 824 g/mol. The van der Waals surface area contributed by atoms with Crippen molar-refractivity contribution < 1.29 is 78.7 Å². The first kappa shape index (κ1) is 44.1. The molecule has 6 rings (SSSR count). The Labute approximate surface area is 336 Å². The molecule has 3 aliphatic rings. The van der Waals surface area contributed by atoms with Gasteiger partial charge < -0.3 is 66.3 Å². The Morgan fingerprint density at radius 2 is 1.64 bits per heavy atom. The SMILES string of the molecule is CC1OC(O)CC(NC(=O)OCc2ccc(NC(=O)CCC(N)C(=O)O)cc2)C1O.COc1cccc2c1C(=O)c1c(O)c3c(c(O)c1C2=O)C[C@@](O)(C(=O)CO)CC3. The molecule has 19 heteroatoms. The van der Waals surface area contributed by atoms with Crippen LogP contribution in [-0.2, 0) is 43.3 Å². The number of ketones is 3. The number of phenolic OH excluding ortho intramolecular Hbond substituents is 2. The highest BCUT2D eigenvalue weighted by molar-refractivity contribution is 6.31. The van der Waals surface area contributed by atoms with Gasteiger partial charge in [-0.2, -0.15) is 0 Å². The third kappa shape index (κ3) is 9.51. The highest BCUT2D eigenvalue weighted by atomic mass is 16.6. The number of nitrogens with two attached hydrogens (primary N) is 1. The van der Waals surface area contributed by atoms with E-state index in [1.807, 2.05) is 0 Å². The molecule has 3 aromatic carbocycles. The van der Waals surface area contributed by atoms with Crippen LogP contribution in [0.1, 0.15) is 81.1 Å². The van der Waals surface area contributed by atoms with Crippen LogP contribution in [0.5, 0.6) is 17.2 Å². The smallest absolute Gasteiger partial charge is 0.407 e. The van der Waals surface area contributed by atoms with E-state index in [4.69, 9.17) is 30.2 Å². The lowest BCUT2D eigenvalue weighted by atomic mass is 9.73. The zero-order valence-electron chi connectivity index (χ0n) is 32.0. The van der Waals surface area contributed by atoms with Gasteiger partial charge >= 0.3 is 12.1 Å². The number of hydrogen-bond acceptors (Lipinski definition) is 16. The van der Waals surface area contributed by atoms with Crippen molar-refractivity contribution in [2.45, 2.75) is 88.2 Å². The van der Waals surface area contributed by atoms with Crippen LogP contribution in [0, 0.1) is 0 Å². The van der Waals surface area contributed by atoms with Crippen LogP contribution < -0.4 is 21.1 Å². The molecule has 59 heavy (non-hydrogen) atoms. The molecule has 19 nitrogen and oxygen atoms in total. The van der Waals surface area contributed by atoms with Gasteiger partial charge in [0.15, 0.2) is 17.9 Å². The molecule has 0 bridgehead atoms. The first-order chi connectivity index (χ1) is 27.9. The highest BCUT2D eigenvalue weighted by Crippen LogP contribution is 2.48. The summed E-state index contributed by atoms with van der Waals surface area (Å²) >= 11 is 0. The van der Waals surface area contributed by atoms with Crippen LogP contribution in [0.25, 0.3) is 0 Å². The number of aromatic hydroxyl groups is 2. The van der Waals surface area contributed by atoms with E-state index in [0.29, 0.717) is 11.3 Å². The van der Waals surface area contributed by atoms with Gasteiger partial charge in [0.2, 0.25) is 11.7 Å². The Morgan fingerprint density at radius 3 is 2.29 bits per heavy atom. The first-order valence-electron chi connectivity index (χ1n) is 18.4. The monoisotopic (exact) mass is 823 g/mol. The second-order valence-electron chi connectivity index (χ2n) is 14.3. The number of alkyl carbamates (subject to hydrolysis) is 1. The maximum Gasteiger partial charge on any atom is 0.407 e. The Kier molecular flexibility index (Phi) is 13.7. The van der Waals surface area contributed by atoms with Gasteiger partial charge in [-0.05, 0) is 49.9 Å². The molecule has 316 valence electrons. The largest absolute Gasteiger partial charge is 0.507 e. The molecular formula is C40H45N3O16. The molecule has 11 N–H and O–H groups in total. The zero-order chi connectivity index (χ0) is 43.3. The second-order valence-corrected chi connectivity index (χ2v) is 14.3. The summed E-state index contributed by atoms with van der Waals surface area (Å²) in [5, 5.41) is 74.8. The van der Waals surface area contributed by atoms with Gasteiger partial charge in [0, 0.05) is 41.6 Å². The fourth-order valence-corrected chi connectivity index (χ4v) is 7.08. The van der Waals surface area contributed by atoms with E-state index < -0.39 is 83.7 Å². The molecule has 2 aliphatic carbocycles. The summed E-state index contributed by atoms with van der Waals surface area (Å²) in [5.41, 5.74) is 4.15. The maximum absolute atomic E-state index is 13.1. The van der Waals surface area contributed by atoms with E-state index in [1.165, 1.54) is 25.3 Å². The number of ether oxygens (including phenoxy) is 3. The van der Waals surface area contributed by atoms with Crippen molar-refractivity contribution in [3.63, 3.8) is 0 Å². The van der Waals surface area contributed by atoms with Crippen molar-refractivity contribution in [3.8, 4) is 17.2 Å². The standard InChI is InChI=1S/C21H18O8.C19H27N3O8/c1-29-12-4-2-3-10-14(12)20(27)16-15(18(10)25)19(26)11-7-21(28,13(23)8-22)6-5-9(11)17(16)24;1-10-17(25)14(8-16(24)30-10)22-19(28)29-9-11-2-4-12(5-3-11)21-15(23)7-6-13(20)18(26)27/h2-4,22,24,26,28H,5-8H2,1H3;2-5,10,13-14,16-17,24-25H,6-9,20H2,1H3,(H,21,23)(H,22,28)(H,26,27)/t21-;/m1./s1. The molecule has 3 aromatic rings. The summed E-state index contributed by atoms with van der Waals surface area (Å²) in [7, 11) is 1.35. The van der Waals surface area contributed by atoms with Crippen molar-refractivity contribution in [2.75, 3.05) is 19.0 Å². The van der Waals surface area contributed by atoms with Crippen LogP contribution in [0.2, 0.25) is 0 Å². The Hall–Kier alpha value is -5.96. The summed E-state index contributed by atoms with van der Waals surface area (Å²) in [6, 6.07) is 9.23. The van der Waals surface area contributed by atoms with E-state index in [0.717, 1.165) is 0 Å². The van der Waals surface area contributed by atoms with E-state index >= 15 is 0 Å². The maximum atomic E-state index is 13.1. The molecule has 1 aliphatic heterocycles. The number of nitrogens with one attached hydrogen (secondary N) is 2. The Morgan fingerprint density at radius 1 is 0.983 bits per heavy atom. The quantitative estimate of drug-likeness (QED) is 0.0924. The molecule has 5 unspecified atom stereocenters. The number of aliphatic hydroxyl groups is 4. The number of benzene rings is 3. The number of carboxylic acids is 1. The van der Waals surface area contributed by atoms with Gasteiger partial charge in [-0.1, -0.05) is 24.3 Å². The third-order valence-corrected chi connectivity index (χ3v) is 10.4. The van der Waals surface area contributed by atoms with Gasteiger partial charge in [0.05, 0.1) is 35.9 Å². The summed E-state index contributed by atoms with van der Waals surface area (Å²) in [5.74, 6) is -4.51. The van der Waals surface area contributed by atoms with Crippen molar-refractivity contribution in [3.05, 3.63) is 81.4 Å². The number of methoxy groups -OCH3 is 1. The number of fused-ring (bicyclic) bond motifs is 3. The molecule has 2 amide bonds. The van der Waals surface area contributed by atoms with Gasteiger partial charge in [0.1, 0.15) is 48.2 Å². The number of carbonyl (C=O) groups is 6. The summed E-state index contributed by atoms with van der Waals surface area (Å²) in [6.45, 7) is 0.674. The predicted molar refractivity (Wildman–Crippen MR) is 203 cm³/mol. The summed E-state index contributed by atoms with van der Waals surface area (Å²) in [6.07, 6.45) is -3.87. The number of rotatable bonds is 11. The van der Waals surface area contributed by atoms with Gasteiger partial charge in [-0.3, -0.25) is 24.0 Å². The molecule has 6 atom stereocenters. The molecule has 0 saturated carbocycles. The number of phenols is 2. The van der Waals surface area contributed by atoms with E-state index in [-0.39, 0.29) is 90.2 Å². The van der Waals surface area contributed by atoms with Crippen LogP contribution in [0.15, 0.2) is 42.5 Å². The fourth-order valence-electron chi connectivity index (χ4n) is 7.08. The van der Waals surface area contributed by atoms with Crippen LogP contribution in [-0.4, -0.2) is 121 Å². The van der Waals surface area contributed by atoms with Gasteiger partial charge in [-0.25, -0.2) is 4.79 Å². The van der Waals surface area contributed by atoms with Crippen LogP contribution in [0.4, 0.5) is 10.5 Å². The first-order valence-corrected chi connectivity index (χ1v) is 18.4. The lowest BCUT2D eigenvalue weighted by Gasteiger charge is -2.35. The van der Waals surface area contributed by atoms with Gasteiger partial charge in [-0.15, -0.1) is 0 Å². The molecule has 0 radical (unpaired) electrons.